The number of carboxylic acids is 1. The third-order valence-corrected chi connectivity index (χ3v) is 3.76. The van der Waals surface area contributed by atoms with Crippen molar-refractivity contribution in [3.8, 4) is 6.07 Å². The Morgan fingerprint density at radius 1 is 1.59 bits per heavy atom. The van der Waals surface area contributed by atoms with Gasteiger partial charge in [-0.2, -0.15) is 10.4 Å². The SMILES string of the molecule is N#Cc1cc(C=NN=C2NC(=O)C(CC(=O)O)S2)ccc1N. The summed E-state index contributed by atoms with van der Waals surface area (Å²) in [5.41, 5.74) is 6.95. The highest BCUT2D eigenvalue weighted by atomic mass is 32.2. The Hall–Kier alpha value is -2.86. The number of amides is 1. The first-order valence-electron chi connectivity index (χ1n) is 6.09. The van der Waals surface area contributed by atoms with E-state index in [2.05, 4.69) is 15.5 Å². The van der Waals surface area contributed by atoms with E-state index in [1.807, 2.05) is 6.07 Å². The van der Waals surface area contributed by atoms with Crippen molar-refractivity contribution < 1.29 is 14.7 Å². The standard InChI is InChI=1S/C13H11N5O3S/c14-5-8-3-7(1-2-9(8)15)6-16-18-13-17-12(21)10(22-13)4-11(19)20/h1-3,6,10H,4,15H2,(H,19,20)(H,17,18,21). The van der Waals surface area contributed by atoms with Gasteiger partial charge in [0.05, 0.1) is 18.2 Å². The second-order valence-electron chi connectivity index (χ2n) is 4.30. The van der Waals surface area contributed by atoms with E-state index in [1.165, 1.54) is 6.21 Å². The van der Waals surface area contributed by atoms with Gasteiger partial charge in [0.2, 0.25) is 5.91 Å². The van der Waals surface area contributed by atoms with Gasteiger partial charge < -0.3 is 16.2 Å². The normalized spacial score (nSPS) is 19.3. The molecule has 8 nitrogen and oxygen atoms in total. The molecule has 1 aliphatic rings. The van der Waals surface area contributed by atoms with Crippen LogP contribution >= 0.6 is 11.8 Å². The van der Waals surface area contributed by atoms with Crippen LogP contribution in [0.2, 0.25) is 0 Å². The van der Waals surface area contributed by atoms with Crippen LogP contribution in [0.15, 0.2) is 28.4 Å². The number of nitrogen functional groups attached to an aromatic ring is 1. The molecule has 4 N–H and O–H groups in total. The van der Waals surface area contributed by atoms with Gasteiger partial charge in [-0.15, -0.1) is 5.10 Å². The number of amidine groups is 1. The minimum atomic E-state index is -1.05. The second kappa shape index (κ2) is 6.73. The average molecular weight is 317 g/mol. The number of nitrogens with one attached hydrogen (secondary N) is 1. The molecule has 0 bridgehead atoms. The number of nitrogens with zero attached hydrogens (tertiary/aromatic N) is 3. The zero-order valence-corrected chi connectivity index (χ0v) is 12.0. The van der Waals surface area contributed by atoms with Crippen molar-refractivity contribution in [1.29, 1.82) is 5.26 Å². The number of hydrogen-bond acceptors (Lipinski definition) is 7. The summed E-state index contributed by atoms with van der Waals surface area (Å²) in [4.78, 5) is 22.1. The first kappa shape index (κ1) is 15.5. The number of benzene rings is 1. The van der Waals surface area contributed by atoms with E-state index in [0.717, 1.165) is 11.8 Å². The molecule has 1 fully saturated rings. The number of nitriles is 1. The van der Waals surface area contributed by atoms with Crippen molar-refractivity contribution in [2.24, 2.45) is 10.2 Å². The van der Waals surface area contributed by atoms with Crippen LogP contribution in [0.3, 0.4) is 0 Å². The molecule has 0 aromatic heterocycles. The molecule has 0 spiro atoms. The predicted molar refractivity (Wildman–Crippen MR) is 82.4 cm³/mol. The number of carboxylic acid groups (broad SMARTS) is 1. The average Bonchev–Trinajstić information content (AvgIpc) is 2.80. The molecule has 1 heterocycles. The molecule has 1 aromatic rings. The van der Waals surface area contributed by atoms with Crippen molar-refractivity contribution in [1.82, 2.24) is 5.32 Å². The lowest BCUT2D eigenvalue weighted by atomic mass is 10.1. The van der Waals surface area contributed by atoms with Crippen LogP contribution in [0.4, 0.5) is 5.69 Å². The third kappa shape index (κ3) is 3.83. The first-order valence-corrected chi connectivity index (χ1v) is 6.97. The Morgan fingerprint density at radius 3 is 3.05 bits per heavy atom. The molecule has 0 saturated carbocycles. The molecular formula is C13H11N5O3S. The summed E-state index contributed by atoms with van der Waals surface area (Å²) in [7, 11) is 0. The minimum absolute atomic E-state index is 0.239. The molecule has 9 heteroatoms. The first-order chi connectivity index (χ1) is 10.5. The highest BCUT2D eigenvalue weighted by molar-refractivity contribution is 8.15. The van der Waals surface area contributed by atoms with Crippen LogP contribution in [0, 0.1) is 11.3 Å². The van der Waals surface area contributed by atoms with E-state index >= 15 is 0 Å². The van der Waals surface area contributed by atoms with Gasteiger partial charge in [0.15, 0.2) is 5.17 Å². The molecule has 112 valence electrons. The molecule has 2 rings (SSSR count). The monoisotopic (exact) mass is 317 g/mol. The molecule has 1 aliphatic heterocycles. The molecule has 1 atom stereocenters. The van der Waals surface area contributed by atoms with Gasteiger partial charge in [-0.25, -0.2) is 0 Å². The predicted octanol–water partition coefficient (Wildman–Crippen LogP) is 0.537. The fraction of sp³-hybridized carbons (Fsp3) is 0.154. The van der Waals surface area contributed by atoms with E-state index in [4.69, 9.17) is 16.1 Å². The maximum absolute atomic E-state index is 11.5. The zero-order chi connectivity index (χ0) is 16.1. The number of nitrogens with two attached hydrogens (primary N) is 1. The molecule has 1 saturated heterocycles. The van der Waals surface area contributed by atoms with Crippen molar-refractivity contribution in [2.75, 3.05) is 5.73 Å². The number of carbonyl (C=O) groups excluding carboxylic acids is 1. The largest absolute Gasteiger partial charge is 0.481 e. The van der Waals surface area contributed by atoms with Crippen molar-refractivity contribution >= 4 is 40.7 Å². The Bertz CT molecular complexity index is 723. The molecular weight excluding hydrogens is 306 g/mol. The van der Waals surface area contributed by atoms with E-state index in [0.29, 0.717) is 16.8 Å². The fourth-order valence-electron chi connectivity index (χ4n) is 1.64. The maximum Gasteiger partial charge on any atom is 0.305 e. The quantitative estimate of drug-likeness (QED) is 0.420. The van der Waals surface area contributed by atoms with Gasteiger partial charge in [0.1, 0.15) is 11.3 Å². The lowest BCUT2D eigenvalue weighted by Gasteiger charge is -1.98. The van der Waals surface area contributed by atoms with Crippen LogP contribution in [-0.4, -0.2) is 33.6 Å². The highest BCUT2D eigenvalue weighted by Gasteiger charge is 2.32. The summed E-state index contributed by atoms with van der Waals surface area (Å²) in [6.45, 7) is 0. The lowest BCUT2D eigenvalue weighted by molar-refractivity contribution is -0.138. The van der Waals surface area contributed by atoms with Crippen LogP contribution in [0.25, 0.3) is 0 Å². The summed E-state index contributed by atoms with van der Waals surface area (Å²) in [6, 6.07) is 6.78. The fourth-order valence-corrected chi connectivity index (χ4v) is 2.56. The summed E-state index contributed by atoms with van der Waals surface area (Å²) in [5, 5.41) is 27.2. The van der Waals surface area contributed by atoms with Crippen LogP contribution < -0.4 is 11.1 Å². The smallest absolute Gasteiger partial charge is 0.305 e. The van der Waals surface area contributed by atoms with Gasteiger partial charge in [-0.1, -0.05) is 17.8 Å². The number of rotatable bonds is 4. The Kier molecular flexibility index (Phi) is 4.75. The number of hydrogen-bond donors (Lipinski definition) is 3. The molecule has 1 unspecified atom stereocenters. The van der Waals surface area contributed by atoms with E-state index in [-0.39, 0.29) is 11.6 Å². The van der Waals surface area contributed by atoms with Gasteiger partial charge in [0, 0.05) is 5.69 Å². The lowest BCUT2D eigenvalue weighted by Crippen LogP contribution is -2.26. The summed E-state index contributed by atoms with van der Waals surface area (Å²) in [6.07, 6.45) is 1.13. The number of anilines is 1. The molecule has 22 heavy (non-hydrogen) atoms. The summed E-state index contributed by atoms with van der Waals surface area (Å²) < 4.78 is 0. The zero-order valence-electron chi connectivity index (χ0n) is 11.2. The number of aliphatic carboxylic acids is 1. The van der Waals surface area contributed by atoms with Crippen LogP contribution in [-0.2, 0) is 9.59 Å². The van der Waals surface area contributed by atoms with E-state index < -0.39 is 17.1 Å². The summed E-state index contributed by atoms with van der Waals surface area (Å²) >= 11 is 1.01. The summed E-state index contributed by atoms with van der Waals surface area (Å²) in [5.74, 6) is -1.45. The topological polar surface area (TPSA) is 141 Å². The minimum Gasteiger partial charge on any atom is -0.481 e. The van der Waals surface area contributed by atoms with E-state index in [1.54, 1.807) is 18.2 Å². The number of thioether (sulfide) groups is 1. The van der Waals surface area contributed by atoms with Gasteiger partial charge >= 0.3 is 5.97 Å². The van der Waals surface area contributed by atoms with Crippen LogP contribution in [0.1, 0.15) is 17.5 Å². The van der Waals surface area contributed by atoms with Gasteiger partial charge in [-0.3, -0.25) is 9.59 Å². The Morgan fingerprint density at radius 2 is 2.36 bits per heavy atom. The second-order valence-corrected chi connectivity index (χ2v) is 5.49. The molecule has 0 radical (unpaired) electrons. The van der Waals surface area contributed by atoms with Crippen molar-refractivity contribution in [3.05, 3.63) is 29.3 Å². The number of carbonyl (C=O) groups is 2. The van der Waals surface area contributed by atoms with Gasteiger partial charge in [-0.05, 0) is 17.7 Å². The van der Waals surface area contributed by atoms with Crippen molar-refractivity contribution in [3.63, 3.8) is 0 Å². The van der Waals surface area contributed by atoms with Gasteiger partial charge in [0.25, 0.3) is 0 Å². The third-order valence-electron chi connectivity index (χ3n) is 2.69. The Labute approximate surface area is 129 Å². The van der Waals surface area contributed by atoms with Crippen molar-refractivity contribution in [2.45, 2.75) is 11.7 Å². The van der Waals surface area contributed by atoms with Crippen LogP contribution in [0.5, 0.6) is 0 Å². The molecule has 0 aliphatic carbocycles. The highest BCUT2D eigenvalue weighted by Crippen LogP contribution is 2.22. The molecule has 1 aromatic carbocycles. The van der Waals surface area contributed by atoms with E-state index in [9.17, 15) is 9.59 Å². The molecule has 1 amide bonds. The Balaban J connectivity index is 2.05. The maximum atomic E-state index is 11.5.